The summed E-state index contributed by atoms with van der Waals surface area (Å²) in [4.78, 5) is 2.70. The molecule has 5 heteroatoms. The van der Waals surface area contributed by atoms with Crippen molar-refractivity contribution < 1.29 is 8.42 Å². The monoisotopic (exact) mass is 282 g/mol. The van der Waals surface area contributed by atoms with Crippen LogP contribution in [0.4, 0.5) is 5.69 Å². The van der Waals surface area contributed by atoms with Gasteiger partial charge in [0.2, 0.25) is 0 Å². The molecule has 19 heavy (non-hydrogen) atoms. The van der Waals surface area contributed by atoms with Crippen LogP contribution in [-0.4, -0.2) is 33.8 Å². The van der Waals surface area contributed by atoms with Gasteiger partial charge >= 0.3 is 0 Å². The second-order valence-electron chi connectivity index (χ2n) is 5.15. The lowest BCUT2D eigenvalue weighted by molar-refractivity contribution is 0.594. The minimum Gasteiger partial charge on any atom is -0.371 e. The molecule has 0 aromatic heterocycles. The van der Waals surface area contributed by atoms with Crippen LogP contribution in [0, 0.1) is 5.92 Å². The first kappa shape index (κ1) is 14.3. The summed E-state index contributed by atoms with van der Waals surface area (Å²) in [5.41, 5.74) is 6.77. The quantitative estimate of drug-likeness (QED) is 0.892. The summed E-state index contributed by atoms with van der Waals surface area (Å²) in [7, 11) is -3.10. The van der Waals surface area contributed by atoms with E-state index in [1.807, 2.05) is 19.1 Å². The van der Waals surface area contributed by atoms with Gasteiger partial charge in [-0.3, -0.25) is 0 Å². The fraction of sp³-hybridized carbons (Fsp3) is 0.571. The summed E-state index contributed by atoms with van der Waals surface area (Å²) in [6.45, 7) is 4.57. The van der Waals surface area contributed by atoms with E-state index in [2.05, 4.69) is 4.90 Å². The van der Waals surface area contributed by atoms with E-state index < -0.39 is 9.84 Å². The Balaban J connectivity index is 2.11. The Labute approximate surface area is 115 Å². The van der Waals surface area contributed by atoms with E-state index in [1.54, 1.807) is 12.1 Å². The van der Waals surface area contributed by atoms with E-state index in [1.165, 1.54) is 0 Å². The zero-order valence-electron chi connectivity index (χ0n) is 11.4. The molecule has 0 amide bonds. The van der Waals surface area contributed by atoms with Gasteiger partial charge in [0.1, 0.15) is 0 Å². The Morgan fingerprint density at radius 3 is 2.53 bits per heavy atom. The Bertz CT molecular complexity index is 511. The lowest BCUT2D eigenvalue weighted by Gasteiger charge is -2.18. The molecule has 1 atom stereocenters. The van der Waals surface area contributed by atoms with Gasteiger partial charge in [-0.25, -0.2) is 8.42 Å². The van der Waals surface area contributed by atoms with Crippen molar-refractivity contribution in [3.05, 3.63) is 24.3 Å². The van der Waals surface area contributed by atoms with Crippen molar-refractivity contribution in [2.45, 2.75) is 24.7 Å². The summed E-state index contributed by atoms with van der Waals surface area (Å²) in [6.07, 6.45) is 1.76. The second-order valence-corrected chi connectivity index (χ2v) is 7.26. The third kappa shape index (κ3) is 3.28. The highest BCUT2D eigenvalue weighted by Crippen LogP contribution is 2.24. The lowest BCUT2D eigenvalue weighted by atomic mass is 10.1. The predicted octanol–water partition coefficient (Wildman–Crippen LogP) is 1.66. The summed E-state index contributed by atoms with van der Waals surface area (Å²) < 4.78 is 23.9. The van der Waals surface area contributed by atoms with E-state index in [4.69, 9.17) is 5.73 Å². The molecule has 2 N–H and O–H groups in total. The van der Waals surface area contributed by atoms with Gasteiger partial charge in [-0.15, -0.1) is 0 Å². The fourth-order valence-electron chi connectivity index (χ4n) is 2.51. The van der Waals surface area contributed by atoms with Gasteiger partial charge < -0.3 is 10.6 Å². The maximum atomic E-state index is 11.9. The summed E-state index contributed by atoms with van der Waals surface area (Å²) >= 11 is 0. The molecule has 0 spiro atoms. The number of rotatable bonds is 5. The molecule has 1 aromatic carbocycles. The van der Waals surface area contributed by atoms with E-state index in [0.29, 0.717) is 17.2 Å². The van der Waals surface area contributed by atoms with Gasteiger partial charge in [0.25, 0.3) is 0 Å². The minimum absolute atomic E-state index is 0.214. The van der Waals surface area contributed by atoms with Gasteiger partial charge in [-0.1, -0.05) is 6.92 Å². The van der Waals surface area contributed by atoms with Crippen LogP contribution in [0.25, 0.3) is 0 Å². The highest BCUT2D eigenvalue weighted by molar-refractivity contribution is 7.91. The average Bonchev–Trinajstić information content (AvgIpc) is 2.87. The average molecular weight is 282 g/mol. The van der Waals surface area contributed by atoms with Gasteiger partial charge in [0.05, 0.1) is 10.6 Å². The molecule has 1 aromatic rings. The standard InChI is InChI=1S/C14H22N2O2S/c1-2-9-19(17,18)14-5-3-13(4-6-14)16-8-7-12(10-15)11-16/h3-6,12H,2,7-11,15H2,1H3. The summed E-state index contributed by atoms with van der Waals surface area (Å²) in [6, 6.07) is 7.25. The van der Waals surface area contributed by atoms with Crippen molar-refractivity contribution in [3.63, 3.8) is 0 Å². The van der Waals surface area contributed by atoms with Crippen LogP contribution in [0.5, 0.6) is 0 Å². The maximum Gasteiger partial charge on any atom is 0.178 e. The van der Waals surface area contributed by atoms with E-state index in [-0.39, 0.29) is 5.75 Å². The molecule has 1 heterocycles. The second kappa shape index (κ2) is 5.92. The molecular formula is C14H22N2O2S. The molecule has 2 rings (SSSR count). The highest BCUT2D eigenvalue weighted by atomic mass is 32.2. The number of sulfone groups is 1. The minimum atomic E-state index is -3.10. The van der Waals surface area contributed by atoms with E-state index >= 15 is 0 Å². The third-order valence-electron chi connectivity index (χ3n) is 3.65. The topological polar surface area (TPSA) is 63.4 Å². The van der Waals surface area contributed by atoms with Gasteiger partial charge in [-0.05, 0) is 49.6 Å². The zero-order valence-corrected chi connectivity index (χ0v) is 12.2. The van der Waals surface area contributed by atoms with Crippen LogP contribution < -0.4 is 10.6 Å². The van der Waals surface area contributed by atoms with Crippen molar-refractivity contribution in [1.82, 2.24) is 0 Å². The number of nitrogens with zero attached hydrogens (tertiary/aromatic N) is 1. The summed E-state index contributed by atoms with van der Waals surface area (Å²) in [5, 5.41) is 0. The number of nitrogens with two attached hydrogens (primary N) is 1. The van der Waals surface area contributed by atoms with Crippen molar-refractivity contribution in [1.29, 1.82) is 0 Å². The van der Waals surface area contributed by atoms with Crippen LogP contribution >= 0.6 is 0 Å². The molecule has 4 nitrogen and oxygen atoms in total. The molecular weight excluding hydrogens is 260 g/mol. The Morgan fingerprint density at radius 2 is 2.00 bits per heavy atom. The van der Waals surface area contributed by atoms with Crippen LogP contribution in [0.2, 0.25) is 0 Å². The number of anilines is 1. The van der Waals surface area contributed by atoms with Crippen LogP contribution in [0.3, 0.4) is 0 Å². The predicted molar refractivity (Wildman–Crippen MR) is 78.2 cm³/mol. The van der Waals surface area contributed by atoms with Crippen LogP contribution in [0.1, 0.15) is 19.8 Å². The first-order valence-corrected chi connectivity index (χ1v) is 8.50. The van der Waals surface area contributed by atoms with E-state index in [9.17, 15) is 8.42 Å². The molecule has 1 aliphatic heterocycles. The van der Waals surface area contributed by atoms with Gasteiger partial charge in [0.15, 0.2) is 9.84 Å². The highest BCUT2D eigenvalue weighted by Gasteiger charge is 2.21. The molecule has 1 unspecified atom stereocenters. The van der Waals surface area contributed by atoms with Gasteiger partial charge in [0, 0.05) is 18.8 Å². The Hall–Kier alpha value is -1.07. The van der Waals surface area contributed by atoms with E-state index in [0.717, 1.165) is 31.7 Å². The SMILES string of the molecule is CCCS(=O)(=O)c1ccc(N2CCC(CN)C2)cc1. The molecule has 0 saturated carbocycles. The smallest absolute Gasteiger partial charge is 0.178 e. The molecule has 1 saturated heterocycles. The molecule has 0 aliphatic carbocycles. The van der Waals surface area contributed by atoms with Crippen molar-refractivity contribution >= 4 is 15.5 Å². The number of hydrogen-bond acceptors (Lipinski definition) is 4. The molecule has 106 valence electrons. The first-order valence-electron chi connectivity index (χ1n) is 6.84. The molecule has 0 radical (unpaired) electrons. The number of benzene rings is 1. The maximum absolute atomic E-state index is 11.9. The fourth-order valence-corrected chi connectivity index (χ4v) is 3.83. The van der Waals surface area contributed by atoms with Gasteiger partial charge in [-0.2, -0.15) is 0 Å². The Kier molecular flexibility index (Phi) is 4.47. The molecule has 1 fully saturated rings. The van der Waals surface area contributed by atoms with Crippen LogP contribution in [0.15, 0.2) is 29.2 Å². The molecule has 0 bridgehead atoms. The normalized spacial score (nSPS) is 19.9. The third-order valence-corrected chi connectivity index (χ3v) is 5.59. The van der Waals surface area contributed by atoms with Crippen molar-refractivity contribution in [3.8, 4) is 0 Å². The lowest BCUT2D eigenvalue weighted by Crippen LogP contribution is -2.22. The molecule has 1 aliphatic rings. The first-order chi connectivity index (χ1) is 9.06. The zero-order chi connectivity index (χ0) is 13.9. The largest absolute Gasteiger partial charge is 0.371 e. The van der Waals surface area contributed by atoms with Crippen LogP contribution in [-0.2, 0) is 9.84 Å². The van der Waals surface area contributed by atoms with Crippen molar-refractivity contribution in [2.75, 3.05) is 30.3 Å². The summed E-state index contributed by atoms with van der Waals surface area (Å²) in [5.74, 6) is 0.772. The van der Waals surface area contributed by atoms with Crippen molar-refractivity contribution in [2.24, 2.45) is 11.7 Å². The Morgan fingerprint density at radius 1 is 1.32 bits per heavy atom. The number of hydrogen-bond donors (Lipinski definition) is 1.